The SMILES string of the molecule is COC1CC(O[C@H]2CC[C@@]3(C)C(CCC4C3CC[C@]3(C)[C@@H](C5=CC(=O)OC5)C(OC(C)=O)C[C@]43O)C2)OC(C)C1O. The van der Waals surface area contributed by atoms with Gasteiger partial charge in [-0.3, -0.25) is 4.79 Å². The van der Waals surface area contributed by atoms with Gasteiger partial charge in [-0.25, -0.2) is 4.79 Å². The Morgan fingerprint density at radius 1 is 1.07 bits per heavy atom. The average Bonchev–Trinajstić information content (AvgIpc) is 3.42. The summed E-state index contributed by atoms with van der Waals surface area (Å²) in [5.41, 5.74) is -0.559. The normalized spacial score (nSPS) is 51.2. The molecule has 0 radical (unpaired) electrons. The molecule has 6 aliphatic rings. The molecule has 0 aromatic heterocycles. The summed E-state index contributed by atoms with van der Waals surface area (Å²) in [7, 11) is 1.62. The van der Waals surface area contributed by atoms with Gasteiger partial charge in [0.2, 0.25) is 0 Å². The summed E-state index contributed by atoms with van der Waals surface area (Å²) in [6.45, 7) is 8.06. The van der Waals surface area contributed by atoms with E-state index in [1.807, 2.05) is 6.92 Å². The van der Waals surface area contributed by atoms with Crippen molar-refractivity contribution in [2.45, 2.75) is 128 Å². The summed E-state index contributed by atoms with van der Waals surface area (Å²) in [6.07, 6.45) is 7.14. The Morgan fingerprint density at radius 3 is 2.54 bits per heavy atom. The number of carbonyl (C=O) groups excluding carboxylic acids is 2. The molecule has 230 valence electrons. The number of esters is 2. The van der Waals surface area contributed by atoms with E-state index in [0.29, 0.717) is 24.7 Å². The first kappa shape index (κ1) is 29.5. The summed E-state index contributed by atoms with van der Waals surface area (Å²) in [5.74, 6) is 0.0175. The Morgan fingerprint density at radius 2 is 1.85 bits per heavy atom. The molecule has 2 N–H and O–H groups in total. The second kappa shape index (κ2) is 10.6. The van der Waals surface area contributed by atoms with Crippen LogP contribution in [0.5, 0.6) is 0 Å². The zero-order valence-electron chi connectivity index (χ0n) is 25.2. The predicted octanol–water partition coefficient (Wildman–Crippen LogP) is 3.68. The van der Waals surface area contributed by atoms with Crippen LogP contribution in [0.15, 0.2) is 11.6 Å². The molecule has 13 atom stereocenters. The van der Waals surface area contributed by atoms with Gasteiger partial charge in [0.15, 0.2) is 6.29 Å². The van der Waals surface area contributed by atoms with Crippen LogP contribution in [-0.2, 0) is 33.3 Å². The van der Waals surface area contributed by atoms with Crippen LogP contribution >= 0.6 is 0 Å². The van der Waals surface area contributed by atoms with Crippen molar-refractivity contribution >= 4 is 11.9 Å². The third kappa shape index (κ3) is 4.69. The van der Waals surface area contributed by atoms with Gasteiger partial charge in [0.05, 0.1) is 23.9 Å². The number of carbonyl (C=O) groups is 2. The van der Waals surface area contributed by atoms with Gasteiger partial charge in [-0.05, 0) is 80.6 Å². The number of aliphatic hydroxyl groups excluding tert-OH is 1. The van der Waals surface area contributed by atoms with Crippen LogP contribution < -0.4 is 0 Å². The summed E-state index contributed by atoms with van der Waals surface area (Å²) in [4.78, 5) is 24.2. The standard InChI is InChI=1S/C32H48O9/c1-17-29(35)24(37-5)14-27(39-17)41-21-8-10-30(3)20(13-21)6-7-23-22(30)9-11-31(4)28(19-12-26(34)38-16-19)25(40-18(2)33)15-32(23,31)36/h12,17,20-25,27-29,35-36H,6-11,13-16H2,1-5H3/t17?,20?,21-,22?,23?,24?,25?,27?,28-,29?,30-,31+,32-/m0/s1. The molecule has 4 saturated carbocycles. The van der Waals surface area contributed by atoms with Crippen LogP contribution in [0.3, 0.4) is 0 Å². The van der Waals surface area contributed by atoms with Crippen LogP contribution in [0.25, 0.3) is 0 Å². The molecule has 1 saturated heterocycles. The highest BCUT2D eigenvalue weighted by molar-refractivity contribution is 5.85. The number of fused-ring (bicyclic) bond motifs is 5. The molecule has 0 aromatic carbocycles. The molecule has 5 fully saturated rings. The van der Waals surface area contributed by atoms with Gasteiger partial charge in [0.25, 0.3) is 0 Å². The Bertz CT molecular complexity index is 1080. The lowest BCUT2D eigenvalue weighted by Gasteiger charge is -2.63. The van der Waals surface area contributed by atoms with Crippen molar-refractivity contribution in [3.63, 3.8) is 0 Å². The van der Waals surface area contributed by atoms with Gasteiger partial charge in [-0.1, -0.05) is 13.8 Å². The van der Waals surface area contributed by atoms with Crippen molar-refractivity contribution < 1.29 is 43.5 Å². The van der Waals surface area contributed by atoms with Crippen molar-refractivity contribution in [3.05, 3.63) is 11.6 Å². The van der Waals surface area contributed by atoms with E-state index in [2.05, 4.69) is 13.8 Å². The molecule has 0 bridgehead atoms. The lowest BCUT2D eigenvalue weighted by Crippen LogP contribution is -2.62. The maximum absolute atomic E-state index is 12.7. The van der Waals surface area contributed by atoms with Gasteiger partial charge in [0.1, 0.15) is 18.8 Å². The van der Waals surface area contributed by atoms with Gasteiger partial charge < -0.3 is 33.9 Å². The maximum atomic E-state index is 12.7. The smallest absolute Gasteiger partial charge is 0.331 e. The molecule has 4 aliphatic carbocycles. The van der Waals surface area contributed by atoms with Crippen LogP contribution in [0.1, 0.15) is 85.5 Å². The quantitative estimate of drug-likeness (QED) is 0.373. The fourth-order valence-corrected chi connectivity index (χ4v) is 10.4. The molecular formula is C32H48O9. The highest BCUT2D eigenvalue weighted by Crippen LogP contribution is 2.70. The first-order valence-corrected chi connectivity index (χ1v) is 15.7. The molecule has 6 rings (SSSR count). The zero-order valence-corrected chi connectivity index (χ0v) is 25.2. The molecule has 9 nitrogen and oxygen atoms in total. The molecule has 41 heavy (non-hydrogen) atoms. The van der Waals surface area contributed by atoms with Gasteiger partial charge >= 0.3 is 11.9 Å². The minimum absolute atomic E-state index is 0.0898. The van der Waals surface area contributed by atoms with Crippen LogP contribution in [0.4, 0.5) is 0 Å². The average molecular weight is 577 g/mol. The minimum Gasteiger partial charge on any atom is -0.462 e. The number of methoxy groups -OCH3 is 1. The first-order valence-electron chi connectivity index (χ1n) is 15.7. The molecule has 2 aliphatic heterocycles. The molecule has 2 heterocycles. The number of rotatable bonds is 5. The second-order valence-electron chi connectivity index (χ2n) is 14.3. The number of ether oxygens (including phenoxy) is 5. The molecule has 0 aromatic rings. The fourth-order valence-electron chi connectivity index (χ4n) is 10.4. The zero-order chi connectivity index (χ0) is 29.3. The third-order valence-corrected chi connectivity index (χ3v) is 12.5. The number of hydrogen-bond acceptors (Lipinski definition) is 9. The Kier molecular flexibility index (Phi) is 7.62. The van der Waals surface area contributed by atoms with E-state index in [9.17, 15) is 19.8 Å². The number of hydrogen-bond donors (Lipinski definition) is 2. The van der Waals surface area contributed by atoms with E-state index in [-0.39, 0.29) is 60.4 Å². The van der Waals surface area contributed by atoms with Gasteiger partial charge in [-0.15, -0.1) is 0 Å². The van der Waals surface area contributed by atoms with Crippen molar-refractivity contribution in [2.24, 2.45) is 34.5 Å². The Hall–Kier alpha value is -1.52. The molecule has 8 unspecified atom stereocenters. The van der Waals surface area contributed by atoms with Crippen molar-refractivity contribution in [1.82, 2.24) is 0 Å². The third-order valence-electron chi connectivity index (χ3n) is 12.5. The van der Waals surface area contributed by atoms with Crippen molar-refractivity contribution in [2.75, 3.05) is 13.7 Å². The van der Waals surface area contributed by atoms with E-state index in [1.165, 1.54) is 6.92 Å². The van der Waals surface area contributed by atoms with E-state index in [4.69, 9.17) is 23.7 Å². The first-order chi connectivity index (χ1) is 19.4. The summed E-state index contributed by atoms with van der Waals surface area (Å²) in [6, 6.07) is 0. The Balaban J connectivity index is 1.19. The van der Waals surface area contributed by atoms with Gasteiger partial charge in [-0.2, -0.15) is 0 Å². The number of aliphatic hydroxyl groups is 2. The van der Waals surface area contributed by atoms with Crippen LogP contribution in [-0.4, -0.2) is 78.3 Å². The molecular weight excluding hydrogens is 528 g/mol. The topological polar surface area (TPSA) is 121 Å². The highest BCUT2D eigenvalue weighted by atomic mass is 16.7. The summed E-state index contributed by atoms with van der Waals surface area (Å²) < 4.78 is 29.1. The summed E-state index contributed by atoms with van der Waals surface area (Å²) >= 11 is 0. The highest BCUT2D eigenvalue weighted by Gasteiger charge is 2.71. The monoisotopic (exact) mass is 576 g/mol. The molecule has 0 amide bonds. The molecule has 9 heteroatoms. The number of cyclic esters (lactones) is 1. The van der Waals surface area contributed by atoms with Crippen molar-refractivity contribution in [1.29, 1.82) is 0 Å². The lowest BCUT2D eigenvalue weighted by atomic mass is 9.43. The van der Waals surface area contributed by atoms with E-state index in [0.717, 1.165) is 50.5 Å². The summed E-state index contributed by atoms with van der Waals surface area (Å²) in [5, 5.41) is 23.0. The van der Waals surface area contributed by atoms with E-state index >= 15 is 0 Å². The van der Waals surface area contributed by atoms with Crippen LogP contribution in [0, 0.1) is 34.5 Å². The Labute approximate surface area is 243 Å². The van der Waals surface area contributed by atoms with E-state index in [1.54, 1.807) is 13.2 Å². The fraction of sp³-hybridized carbons (Fsp3) is 0.875. The maximum Gasteiger partial charge on any atom is 0.331 e. The second-order valence-corrected chi connectivity index (χ2v) is 14.3. The molecule has 0 spiro atoms. The van der Waals surface area contributed by atoms with E-state index < -0.39 is 23.2 Å². The lowest BCUT2D eigenvalue weighted by molar-refractivity contribution is -0.273. The minimum atomic E-state index is -0.990. The van der Waals surface area contributed by atoms with Crippen LogP contribution in [0.2, 0.25) is 0 Å². The largest absolute Gasteiger partial charge is 0.462 e. The van der Waals surface area contributed by atoms with Gasteiger partial charge in [0, 0.05) is 44.3 Å². The predicted molar refractivity (Wildman–Crippen MR) is 147 cm³/mol. The van der Waals surface area contributed by atoms with Crippen molar-refractivity contribution in [3.8, 4) is 0 Å².